The lowest BCUT2D eigenvalue weighted by Crippen LogP contribution is -2.22. The molecule has 2 aromatic heterocycles. The molecule has 2 aromatic rings. The largest absolute Gasteiger partial charge is 0.462 e. The first-order chi connectivity index (χ1) is 12.5. The van der Waals surface area contributed by atoms with Crippen molar-refractivity contribution in [2.24, 2.45) is 0 Å². The van der Waals surface area contributed by atoms with Gasteiger partial charge in [0.1, 0.15) is 5.00 Å². The van der Waals surface area contributed by atoms with E-state index >= 15 is 0 Å². The molecule has 0 atom stereocenters. The monoisotopic (exact) mass is 377 g/mol. The number of aryl methyl sites for hydroxylation is 1. The summed E-state index contributed by atoms with van der Waals surface area (Å²) in [7, 11) is 0. The highest BCUT2D eigenvalue weighted by Crippen LogP contribution is 2.34. The van der Waals surface area contributed by atoms with E-state index in [0.29, 0.717) is 17.0 Å². The molecule has 0 aromatic carbocycles. The molecule has 1 amide bonds. The Morgan fingerprint density at radius 3 is 2.54 bits per heavy atom. The molecule has 0 aliphatic rings. The average Bonchev–Trinajstić information content (AvgIpc) is 2.95. The number of hydrogen-bond donors (Lipinski definition) is 1. The molecule has 0 spiro atoms. The van der Waals surface area contributed by atoms with Crippen LogP contribution in [0.5, 0.6) is 0 Å². The molecule has 0 aliphatic heterocycles. The smallest absolute Gasteiger partial charge is 0.359 e. The van der Waals surface area contributed by atoms with E-state index in [1.165, 1.54) is 29.9 Å². The third-order valence-corrected chi connectivity index (χ3v) is 4.46. The number of nitrogens with zero attached hydrogens (tertiary/aromatic N) is 2. The highest BCUT2D eigenvalue weighted by Gasteiger charge is 2.23. The fourth-order valence-corrected chi connectivity index (χ4v) is 3.43. The van der Waals surface area contributed by atoms with Gasteiger partial charge in [-0.25, -0.2) is 14.6 Å². The molecule has 2 heterocycles. The van der Waals surface area contributed by atoms with E-state index < -0.39 is 24.5 Å². The number of nitrogens with one attached hydrogen (secondary N) is 1. The summed E-state index contributed by atoms with van der Waals surface area (Å²) in [6, 6.07) is 0. The van der Waals surface area contributed by atoms with Gasteiger partial charge in [-0.2, -0.15) is 0 Å². The predicted molar refractivity (Wildman–Crippen MR) is 95.3 cm³/mol. The van der Waals surface area contributed by atoms with Crippen molar-refractivity contribution in [3.8, 4) is 0 Å². The number of aromatic nitrogens is 2. The second kappa shape index (κ2) is 9.04. The predicted octanol–water partition coefficient (Wildman–Crippen LogP) is 2.38. The normalized spacial score (nSPS) is 10.3. The standard InChI is InChI=1S/C17H19N3O5S/c1-4-11-10(3)26-15(14(11)17(23)24-5-2)20-13(21)9-25-16(22)12-8-18-6-7-19-12/h6-8H,4-5,9H2,1-3H3,(H,20,21). The lowest BCUT2D eigenvalue weighted by Gasteiger charge is -2.08. The van der Waals surface area contributed by atoms with Crippen molar-refractivity contribution in [1.82, 2.24) is 9.97 Å². The molecule has 0 unspecified atom stereocenters. The fraction of sp³-hybridized carbons (Fsp3) is 0.353. The Balaban J connectivity index is 2.06. The molecule has 0 bridgehead atoms. The van der Waals surface area contributed by atoms with Crippen LogP contribution in [0.2, 0.25) is 0 Å². The summed E-state index contributed by atoms with van der Waals surface area (Å²) in [5, 5.41) is 3.01. The summed E-state index contributed by atoms with van der Waals surface area (Å²) in [6.45, 7) is 5.24. The van der Waals surface area contributed by atoms with Crippen LogP contribution in [-0.2, 0) is 20.7 Å². The quantitative estimate of drug-likeness (QED) is 0.738. The van der Waals surface area contributed by atoms with Crippen LogP contribution in [0.1, 0.15) is 45.1 Å². The van der Waals surface area contributed by atoms with E-state index in [9.17, 15) is 14.4 Å². The van der Waals surface area contributed by atoms with Crippen LogP contribution in [0.25, 0.3) is 0 Å². The molecular weight excluding hydrogens is 358 g/mol. The minimum absolute atomic E-state index is 0.00718. The third kappa shape index (κ3) is 4.63. The zero-order chi connectivity index (χ0) is 19.1. The van der Waals surface area contributed by atoms with E-state index in [0.717, 1.165) is 10.4 Å². The van der Waals surface area contributed by atoms with Crippen molar-refractivity contribution in [2.75, 3.05) is 18.5 Å². The zero-order valence-electron chi connectivity index (χ0n) is 14.7. The van der Waals surface area contributed by atoms with Crippen molar-refractivity contribution in [3.63, 3.8) is 0 Å². The van der Waals surface area contributed by atoms with E-state index in [4.69, 9.17) is 9.47 Å². The topological polar surface area (TPSA) is 107 Å². The molecule has 9 heteroatoms. The maximum Gasteiger partial charge on any atom is 0.359 e. The van der Waals surface area contributed by atoms with Gasteiger partial charge in [-0.05, 0) is 25.8 Å². The fourth-order valence-electron chi connectivity index (χ4n) is 2.28. The van der Waals surface area contributed by atoms with Crippen LogP contribution in [-0.4, -0.2) is 41.0 Å². The number of ether oxygens (including phenoxy) is 2. The Morgan fingerprint density at radius 2 is 1.92 bits per heavy atom. The van der Waals surface area contributed by atoms with Gasteiger partial charge in [-0.3, -0.25) is 9.78 Å². The number of anilines is 1. The van der Waals surface area contributed by atoms with Gasteiger partial charge in [0.15, 0.2) is 12.3 Å². The number of hydrogen-bond acceptors (Lipinski definition) is 8. The van der Waals surface area contributed by atoms with Crippen molar-refractivity contribution >= 4 is 34.2 Å². The Labute approximate surface area is 154 Å². The minimum atomic E-state index is -0.754. The van der Waals surface area contributed by atoms with Crippen LogP contribution < -0.4 is 5.32 Å². The molecule has 1 N–H and O–H groups in total. The maximum absolute atomic E-state index is 12.2. The Hall–Kier alpha value is -2.81. The van der Waals surface area contributed by atoms with Gasteiger partial charge in [0, 0.05) is 17.3 Å². The lowest BCUT2D eigenvalue weighted by molar-refractivity contribution is -0.119. The SMILES string of the molecule is CCOC(=O)c1c(NC(=O)COC(=O)c2cnccn2)sc(C)c1CC. The summed E-state index contributed by atoms with van der Waals surface area (Å²) in [6.07, 6.45) is 4.65. The zero-order valence-corrected chi connectivity index (χ0v) is 15.5. The summed E-state index contributed by atoms with van der Waals surface area (Å²) >= 11 is 1.28. The Morgan fingerprint density at radius 1 is 1.15 bits per heavy atom. The first-order valence-electron chi connectivity index (χ1n) is 8.00. The van der Waals surface area contributed by atoms with Gasteiger partial charge >= 0.3 is 11.9 Å². The van der Waals surface area contributed by atoms with Crippen LogP contribution >= 0.6 is 11.3 Å². The molecule has 8 nitrogen and oxygen atoms in total. The van der Waals surface area contributed by atoms with Gasteiger partial charge in [-0.15, -0.1) is 11.3 Å². The third-order valence-electron chi connectivity index (χ3n) is 3.40. The molecule has 0 radical (unpaired) electrons. The summed E-state index contributed by atoms with van der Waals surface area (Å²) in [4.78, 5) is 44.6. The van der Waals surface area contributed by atoms with E-state index in [-0.39, 0.29) is 12.3 Å². The number of rotatable bonds is 7. The van der Waals surface area contributed by atoms with Gasteiger partial charge in [0.2, 0.25) is 0 Å². The van der Waals surface area contributed by atoms with Crippen LogP contribution in [0.4, 0.5) is 5.00 Å². The molecule has 138 valence electrons. The van der Waals surface area contributed by atoms with Gasteiger partial charge in [0.05, 0.1) is 18.4 Å². The number of carbonyl (C=O) groups excluding carboxylic acids is 3. The van der Waals surface area contributed by atoms with Crippen LogP contribution in [0.3, 0.4) is 0 Å². The van der Waals surface area contributed by atoms with Crippen LogP contribution in [0, 0.1) is 6.92 Å². The first-order valence-corrected chi connectivity index (χ1v) is 8.81. The summed E-state index contributed by atoms with van der Waals surface area (Å²) in [5.74, 6) is -1.80. The average molecular weight is 377 g/mol. The Bertz CT molecular complexity index is 804. The van der Waals surface area contributed by atoms with E-state index in [2.05, 4.69) is 15.3 Å². The number of esters is 2. The van der Waals surface area contributed by atoms with Gasteiger partial charge in [0.25, 0.3) is 5.91 Å². The molecule has 0 saturated carbocycles. The first kappa shape index (κ1) is 19.5. The highest BCUT2D eigenvalue weighted by atomic mass is 32.1. The molecule has 2 rings (SSSR count). The van der Waals surface area contributed by atoms with Crippen molar-refractivity contribution in [1.29, 1.82) is 0 Å². The second-order valence-corrected chi connectivity index (χ2v) is 6.35. The van der Waals surface area contributed by atoms with Gasteiger partial charge < -0.3 is 14.8 Å². The Kier molecular flexibility index (Phi) is 6.79. The molecule has 26 heavy (non-hydrogen) atoms. The lowest BCUT2D eigenvalue weighted by atomic mass is 10.1. The van der Waals surface area contributed by atoms with Crippen LogP contribution in [0.15, 0.2) is 18.6 Å². The minimum Gasteiger partial charge on any atom is -0.462 e. The van der Waals surface area contributed by atoms with Crippen molar-refractivity contribution in [2.45, 2.75) is 27.2 Å². The number of carbonyl (C=O) groups is 3. The molecular formula is C17H19N3O5S. The summed E-state index contributed by atoms with van der Waals surface area (Å²) in [5.41, 5.74) is 1.19. The van der Waals surface area contributed by atoms with Crippen molar-refractivity contribution in [3.05, 3.63) is 40.3 Å². The summed E-state index contributed by atoms with van der Waals surface area (Å²) < 4.78 is 9.99. The number of amides is 1. The van der Waals surface area contributed by atoms with Crippen molar-refractivity contribution < 1.29 is 23.9 Å². The number of thiophene rings is 1. The maximum atomic E-state index is 12.2. The van der Waals surface area contributed by atoms with E-state index in [1.54, 1.807) is 6.92 Å². The van der Waals surface area contributed by atoms with E-state index in [1.807, 2.05) is 13.8 Å². The molecule has 0 saturated heterocycles. The van der Waals surface area contributed by atoms with Gasteiger partial charge in [-0.1, -0.05) is 6.92 Å². The molecule has 0 aliphatic carbocycles. The second-order valence-electron chi connectivity index (χ2n) is 5.13. The molecule has 0 fully saturated rings. The highest BCUT2D eigenvalue weighted by molar-refractivity contribution is 7.16.